The largest absolute Gasteiger partial charge is 0.373 e. The number of benzene rings is 1. The number of rotatable bonds is 3. The van der Waals surface area contributed by atoms with Gasteiger partial charge < -0.3 is 15.4 Å². The van der Waals surface area contributed by atoms with Crippen LogP contribution in [0.1, 0.15) is 12.5 Å². The van der Waals surface area contributed by atoms with E-state index in [4.69, 9.17) is 10.5 Å². The van der Waals surface area contributed by atoms with E-state index in [9.17, 15) is 4.79 Å². The molecule has 0 spiro atoms. The molecule has 2 N–H and O–H groups in total. The molecule has 1 fully saturated rings. The molecule has 0 aromatic heterocycles. The number of nitrogens with two attached hydrogens (primary N) is 1. The van der Waals surface area contributed by atoms with E-state index >= 15 is 0 Å². The third-order valence-electron chi connectivity index (χ3n) is 3.28. The number of amides is 1. The van der Waals surface area contributed by atoms with Crippen molar-refractivity contribution in [3.8, 4) is 0 Å². The normalized spacial score (nSPS) is 20.1. The molecule has 112 valence electrons. The molecular weight excluding hydrogens is 344 g/mol. The van der Waals surface area contributed by atoms with Gasteiger partial charge in [-0.1, -0.05) is 28.1 Å². The molecule has 0 saturated carbocycles. The van der Waals surface area contributed by atoms with Crippen molar-refractivity contribution < 1.29 is 9.53 Å². The highest BCUT2D eigenvalue weighted by Gasteiger charge is 2.26. The van der Waals surface area contributed by atoms with Crippen molar-refractivity contribution >= 4 is 34.2 Å². The molecule has 2 atom stereocenters. The fraction of sp³-hybridized carbons (Fsp3) is 0.500. The van der Waals surface area contributed by atoms with Gasteiger partial charge in [-0.25, -0.2) is 0 Å². The molecule has 1 aliphatic heterocycles. The van der Waals surface area contributed by atoms with Crippen molar-refractivity contribution in [1.29, 1.82) is 0 Å². The molecule has 1 heterocycles. The molecule has 1 aromatic rings. The molecule has 20 heavy (non-hydrogen) atoms. The van der Waals surface area contributed by atoms with E-state index in [-0.39, 0.29) is 30.5 Å². The highest BCUT2D eigenvalue weighted by molar-refractivity contribution is 9.10. The molecule has 0 radical (unpaired) electrons. The number of carbonyl (C=O) groups excluding carboxylic acids is 1. The van der Waals surface area contributed by atoms with Gasteiger partial charge >= 0.3 is 0 Å². The lowest BCUT2D eigenvalue weighted by Gasteiger charge is -2.34. The maximum absolute atomic E-state index is 12.3. The van der Waals surface area contributed by atoms with Crippen LogP contribution in [0.25, 0.3) is 0 Å². The predicted octanol–water partition coefficient (Wildman–Crippen LogP) is 1.99. The molecule has 1 aromatic carbocycles. The minimum atomic E-state index is -0.0554. The first kappa shape index (κ1) is 17.4. The second kappa shape index (κ2) is 7.98. The number of carbonyl (C=O) groups is 1. The van der Waals surface area contributed by atoms with Gasteiger partial charge in [-0.15, -0.1) is 12.4 Å². The summed E-state index contributed by atoms with van der Waals surface area (Å²) in [4.78, 5) is 14.1. The van der Waals surface area contributed by atoms with E-state index in [1.54, 1.807) is 0 Å². The Kier molecular flexibility index (Phi) is 6.95. The van der Waals surface area contributed by atoms with Gasteiger partial charge in [-0.2, -0.15) is 0 Å². The van der Waals surface area contributed by atoms with Crippen LogP contribution in [-0.4, -0.2) is 42.6 Å². The van der Waals surface area contributed by atoms with Crippen LogP contribution >= 0.6 is 28.3 Å². The number of halogens is 2. The van der Waals surface area contributed by atoms with Gasteiger partial charge in [0.1, 0.15) is 0 Å². The average molecular weight is 364 g/mol. The van der Waals surface area contributed by atoms with E-state index in [0.717, 1.165) is 10.0 Å². The average Bonchev–Trinajstić information content (AvgIpc) is 2.39. The molecule has 6 heteroatoms. The SMILES string of the molecule is CC(N)C1CN(C(=O)Cc2cccc(Br)c2)CCO1.Cl. The van der Waals surface area contributed by atoms with Gasteiger partial charge in [0.05, 0.1) is 19.1 Å². The van der Waals surface area contributed by atoms with Gasteiger partial charge in [0, 0.05) is 23.6 Å². The summed E-state index contributed by atoms with van der Waals surface area (Å²) in [5, 5.41) is 0. The van der Waals surface area contributed by atoms with Crippen LogP contribution in [0, 0.1) is 0 Å². The quantitative estimate of drug-likeness (QED) is 0.893. The lowest BCUT2D eigenvalue weighted by Crippen LogP contribution is -2.51. The van der Waals surface area contributed by atoms with Gasteiger partial charge in [0.2, 0.25) is 5.91 Å². The van der Waals surface area contributed by atoms with Crippen LogP contribution in [0.4, 0.5) is 0 Å². The Bertz CT molecular complexity index is 457. The summed E-state index contributed by atoms with van der Waals surface area (Å²) >= 11 is 3.42. The Labute approximate surface area is 134 Å². The highest BCUT2D eigenvalue weighted by Crippen LogP contribution is 2.14. The summed E-state index contributed by atoms with van der Waals surface area (Å²) in [6.45, 7) is 3.71. The minimum absolute atomic E-state index is 0. The smallest absolute Gasteiger partial charge is 0.227 e. The zero-order chi connectivity index (χ0) is 13.8. The van der Waals surface area contributed by atoms with Crippen molar-refractivity contribution in [2.45, 2.75) is 25.5 Å². The zero-order valence-corrected chi connectivity index (χ0v) is 13.8. The van der Waals surface area contributed by atoms with Crippen LogP contribution in [0.3, 0.4) is 0 Å². The van der Waals surface area contributed by atoms with Gasteiger partial charge in [0.15, 0.2) is 0 Å². The second-order valence-electron chi connectivity index (χ2n) is 4.91. The molecule has 2 unspecified atom stereocenters. The van der Waals surface area contributed by atoms with Crippen LogP contribution in [0.2, 0.25) is 0 Å². The monoisotopic (exact) mass is 362 g/mol. The molecular formula is C14H20BrClN2O2. The van der Waals surface area contributed by atoms with Crippen molar-refractivity contribution in [1.82, 2.24) is 4.90 Å². The molecule has 4 nitrogen and oxygen atoms in total. The Hall–Kier alpha value is -0.620. The lowest BCUT2D eigenvalue weighted by atomic mass is 10.1. The molecule has 0 bridgehead atoms. The van der Waals surface area contributed by atoms with Gasteiger partial charge in [0.25, 0.3) is 0 Å². The summed E-state index contributed by atoms with van der Waals surface area (Å²) in [5.74, 6) is 0.132. The van der Waals surface area contributed by atoms with Crippen molar-refractivity contribution in [3.63, 3.8) is 0 Å². The fourth-order valence-corrected chi connectivity index (χ4v) is 2.60. The Balaban J connectivity index is 0.00000200. The van der Waals surface area contributed by atoms with Gasteiger partial charge in [-0.3, -0.25) is 4.79 Å². The predicted molar refractivity (Wildman–Crippen MR) is 85.1 cm³/mol. The molecule has 1 aliphatic rings. The fourth-order valence-electron chi connectivity index (χ4n) is 2.15. The number of hydrogen-bond donors (Lipinski definition) is 1. The Morgan fingerprint density at radius 3 is 3.00 bits per heavy atom. The third-order valence-corrected chi connectivity index (χ3v) is 3.77. The van der Waals surface area contributed by atoms with E-state index in [1.165, 1.54) is 0 Å². The standard InChI is InChI=1S/C14H19BrN2O2.ClH/c1-10(16)13-9-17(5-6-19-13)14(18)8-11-3-2-4-12(15)7-11;/h2-4,7,10,13H,5-6,8-9,16H2,1H3;1H. The summed E-state index contributed by atoms with van der Waals surface area (Å²) in [6.07, 6.45) is 0.366. The van der Waals surface area contributed by atoms with Crippen molar-refractivity contribution in [2.24, 2.45) is 5.73 Å². The summed E-state index contributed by atoms with van der Waals surface area (Å²) in [6, 6.07) is 7.78. The van der Waals surface area contributed by atoms with E-state index in [1.807, 2.05) is 36.1 Å². The van der Waals surface area contributed by atoms with E-state index in [2.05, 4.69) is 15.9 Å². The zero-order valence-electron chi connectivity index (χ0n) is 11.4. The summed E-state index contributed by atoms with van der Waals surface area (Å²) in [7, 11) is 0. The minimum Gasteiger partial charge on any atom is -0.373 e. The summed E-state index contributed by atoms with van der Waals surface area (Å²) < 4.78 is 6.56. The lowest BCUT2D eigenvalue weighted by molar-refractivity contribution is -0.138. The number of nitrogens with zero attached hydrogens (tertiary/aromatic N) is 1. The topological polar surface area (TPSA) is 55.6 Å². The Morgan fingerprint density at radius 1 is 1.60 bits per heavy atom. The highest BCUT2D eigenvalue weighted by atomic mass is 79.9. The number of hydrogen-bond acceptors (Lipinski definition) is 3. The van der Waals surface area contributed by atoms with E-state index < -0.39 is 0 Å². The number of morpholine rings is 1. The first-order valence-electron chi connectivity index (χ1n) is 6.45. The van der Waals surface area contributed by atoms with Gasteiger partial charge in [-0.05, 0) is 24.6 Å². The second-order valence-corrected chi connectivity index (χ2v) is 5.83. The molecule has 1 saturated heterocycles. The molecule has 2 rings (SSSR count). The van der Waals surface area contributed by atoms with Crippen LogP contribution < -0.4 is 5.73 Å². The third kappa shape index (κ3) is 4.74. The van der Waals surface area contributed by atoms with E-state index in [0.29, 0.717) is 26.1 Å². The van der Waals surface area contributed by atoms with Crippen LogP contribution in [0.5, 0.6) is 0 Å². The van der Waals surface area contributed by atoms with Crippen LogP contribution in [-0.2, 0) is 16.0 Å². The van der Waals surface area contributed by atoms with Crippen LogP contribution in [0.15, 0.2) is 28.7 Å². The van der Waals surface area contributed by atoms with Crippen molar-refractivity contribution in [2.75, 3.05) is 19.7 Å². The first-order valence-corrected chi connectivity index (χ1v) is 7.25. The number of ether oxygens (including phenoxy) is 1. The maximum atomic E-state index is 12.3. The molecule has 0 aliphatic carbocycles. The Morgan fingerprint density at radius 2 is 2.35 bits per heavy atom. The van der Waals surface area contributed by atoms with Crippen molar-refractivity contribution in [3.05, 3.63) is 34.3 Å². The maximum Gasteiger partial charge on any atom is 0.227 e. The first-order chi connectivity index (χ1) is 9.06. The summed E-state index contributed by atoms with van der Waals surface area (Å²) in [5.41, 5.74) is 6.85. The molecule has 1 amide bonds.